The third kappa shape index (κ3) is 1.82. The normalized spacial score (nSPS) is 10.7. The molecule has 2 aromatic heterocycles. The first-order valence-corrected chi connectivity index (χ1v) is 5.79. The summed E-state index contributed by atoms with van der Waals surface area (Å²) in [7, 11) is 1.68. The molecular weight excluding hydrogens is 226 g/mol. The number of benzene rings is 1. The molecule has 0 spiro atoms. The zero-order chi connectivity index (χ0) is 12.4. The maximum absolute atomic E-state index is 5.35. The van der Waals surface area contributed by atoms with Crippen LogP contribution in [0, 0.1) is 0 Å². The van der Waals surface area contributed by atoms with Crippen LogP contribution in [0.25, 0.3) is 5.65 Å². The Hall–Kier alpha value is -2.36. The molecule has 0 radical (unpaired) electrons. The highest BCUT2D eigenvalue weighted by atomic mass is 16.5. The highest BCUT2D eigenvalue weighted by Gasteiger charge is 2.08. The number of para-hydroxylation sites is 1. The largest absolute Gasteiger partial charge is 0.496 e. The summed E-state index contributed by atoms with van der Waals surface area (Å²) in [6.45, 7) is 0. The molecule has 0 atom stereocenters. The summed E-state index contributed by atoms with van der Waals surface area (Å²) < 4.78 is 7.34. The van der Waals surface area contributed by atoms with Crippen LogP contribution in [0.1, 0.15) is 11.4 Å². The molecule has 0 fully saturated rings. The summed E-state index contributed by atoms with van der Waals surface area (Å²) in [5, 5.41) is 8.37. The minimum Gasteiger partial charge on any atom is -0.496 e. The molecule has 2 heterocycles. The van der Waals surface area contributed by atoms with Crippen LogP contribution in [0.2, 0.25) is 0 Å². The number of pyridine rings is 1. The molecule has 3 aromatic rings. The van der Waals surface area contributed by atoms with E-state index >= 15 is 0 Å². The van der Waals surface area contributed by atoms with E-state index in [0.29, 0.717) is 6.42 Å². The summed E-state index contributed by atoms with van der Waals surface area (Å²) in [5.41, 5.74) is 1.97. The van der Waals surface area contributed by atoms with Crippen molar-refractivity contribution >= 4 is 5.65 Å². The number of hydrogen-bond donors (Lipinski definition) is 0. The summed E-state index contributed by atoms with van der Waals surface area (Å²) in [4.78, 5) is 0. The second kappa shape index (κ2) is 4.49. The van der Waals surface area contributed by atoms with Crippen molar-refractivity contribution in [2.45, 2.75) is 6.42 Å². The fraction of sp³-hybridized carbons (Fsp3) is 0.143. The molecule has 0 aliphatic carbocycles. The average Bonchev–Trinajstić information content (AvgIpc) is 2.83. The Balaban J connectivity index is 2.01. The second-order valence-corrected chi connectivity index (χ2v) is 4.03. The van der Waals surface area contributed by atoms with Crippen molar-refractivity contribution in [3.05, 3.63) is 60.0 Å². The number of hydrogen-bond acceptors (Lipinski definition) is 3. The van der Waals surface area contributed by atoms with E-state index in [2.05, 4.69) is 10.2 Å². The minimum atomic E-state index is 0.704. The van der Waals surface area contributed by atoms with Crippen LogP contribution in [-0.2, 0) is 6.42 Å². The van der Waals surface area contributed by atoms with E-state index in [0.717, 1.165) is 22.8 Å². The maximum atomic E-state index is 5.35. The van der Waals surface area contributed by atoms with Crippen molar-refractivity contribution in [1.82, 2.24) is 14.6 Å². The molecule has 0 aliphatic heterocycles. The first-order chi connectivity index (χ1) is 8.88. The summed E-state index contributed by atoms with van der Waals surface area (Å²) in [6, 6.07) is 13.8. The van der Waals surface area contributed by atoms with Gasteiger partial charge < -0.3 is 4.74 Å². The highest BCUT2D eigenvalue weighted by Crippen LogP contribution is 2.20. The first-order valence-electron chi connectivity index (χ1n) is 5.79. The first kappa shape index (κ1) is 10.8. The van der Waals surface area contributed by atoms with Crippen LogP contribution < -0.4 is 4.74 Å². The van der Waals surface area contributed by atoms with Crippen molar-refractivity contribution < 1.29 is 4.74 Å². The minimum absolute atomic E-state index is 0.704. The molecule has 18 heavy (non-hydrogen) atoms. The van der Waals surface area contributed by atoms with E-state index in [1.165, 1.54) is 0 Å². The van der Waals surface area contributed by atoms with Crippen molar-refractivity contribution in [3.63, 3.8) is 0 Å². The Morgan fingerprint density at radius 3 is 2.78 bits per heavy atom. The summed E-state index contributed by atoms with van der Waals surface area (Å²) in [6.07, 6.45) is 2.68. The zero-order valence-corrected chi connectivity index (χ0v) is 10.1. The number of methoxy groups -OCH3 is 1. The Kier molecular flexibility index (Phi) is 2.68. The molecule has 4 heteroatoms. The van der Waals surface area contributed by atoms with Gasteiger partial charge in [-0.15, -0.1) is 10.2 Å². The number of rotatable bonds is 3. The van der Waals surface area contributed by atoms with Gasteiger partial charge in [-0.05, 0) is 18.2 Å². The van der Waals surface area contributed by atoms with Gasteiger partial charge in [-0.2, -0.15) is 0 Å². The maximum Gasteiger partial charge on any atom is 0.160 e. The fourth-order valence-electron chi connectivity index (χ4n) is 2.03. The SMILES string of the molecule is COc1ccccc1Cc1nnc2ccccn12. The van der Waals surface area contributed by atoms with E-state index in [9.17, 15) is 0 Å². The van der Waals surface area contributed by atoms with E-state index < -0.39 is 0 Å². The van der Waals surface area contributed by atoms with Gasteiger partial charge in [0, 0.05) is 18.2 Å². The van der Waals surface area contributed by atoms with Gasteiger partial charge in [-0.3, -0.25) is 4.40 Å². The molecule has 0 saturated carbocycles. The van der Waals surface area contributed by atoms with Crippen molar-refractivity contribution in [1.29, 1.82) is 0 Å². The second-order valence-electron chi connectivity index (χ2n) is 4.03. The Morgan fingerprint density at radius 1 is 1.06 bits per heavy atom. The lowest BCUT2D eigenvalue weighted by Crippen LogP contribution is -1.98. The van der Waals surface area contributed by atoms with Crippen LogP contribution in [0.3, 0.4) is 0 Å². The quantitative estimate of drug-likeness (QED) is 0.704. The van der Waals surface area contributed by atoms with Gasteiger partial charge in [0.1, 0.15) is 11.6 Å². The molecule has 0 amide bonds. The van der Waals surface area contributed by atoms with Gasteiger partial charge in [0.25, 0.3) is 0 Å². The molecule has 4 nitrogen and oxygen atoms in total. The lowest BCUT2D eigenvalue weighted by Gasteiger charge is -2.06. The number of aromatic nitrogens is 3. The highest BCUT2D eigenvalue weighted by molar-refractivity contribution is 5.40. The molecule has 0 aliphatic rings. The van der Waals surface area contributed by atoms with Gasteiger partial charge in [0.2, 0.25) is 0 Å². The average molecular weight is 239 g/mol. The number of nitrogens with zero attached hydrogens (tertiary/aromatic N) is 3. The van der Waals surface area contributed by atoms with E-state index in [4.69, 9.17) is 4.74 Å². The topological polar surface area (TPSA) is 39.4 Å². The lowest BCUT2D eigenvalue weighted by molar-refractivity contribution is 0.410. The van der Waals surface area contributed by atoms with Crippen molar-refractivity contribution in [2.75, 3.05) is 7.11 Å². The zero-order valence-electron chi connectivity index (χ0n) is 10.1. The van der Waals surface area contributed by atoms with Crippen molar-refractivity contribution in [2.24, 2.45) is 0 Å². The predicted molar refractivity (Wildman–Crippen MR) is 68.8 cm³/mol. The van der Waals surface area contributed by atoms with Crippen LogP contribution >= 0.6 is 0 Å². The molecule has 0 bridgehead atoms. The van der Waals surface area contributed by atoms with Gasteiger partial charge in [0.05, 0.1) is 7.11 Å². The number of ether oxygens (including phenoxy) is 1. The molecule has 0 saturated heterocycles. The third-order valence-electron chi connectivity index (χ3n) is 2.93. The molecule has 90 valence electrons. The Morgan fingerprint density at radius 2 is 1.89 bits per heavy atom. The van der Waals surface area contributed by atoms with Crippen LogP contribution in [0.5, 0.6) is 5.75 Å². The van der Waals surface area contributed by atoms with Crippen LogP contribution in [0.4, 0.5) is 0 Å². The Labute approximate surface area is 105 Å². The monoisotopic (exact) mass is 239 g/mol. The van der Waals surface area contributed by atoms with Crippen molar-refractivity contribution in [3.8, 4) is 5.75 Å². The number of fused-ring (bicyclic) bond motifs is 1. The molecule has 0 unspecified atom stereocenters. The van der Waals surface area contributed by atoms with Crippen LogP contribution in [0.15, 0.2) is 48.7 Å². The van der Waals surface area contributed by atoms with E-state index in [1.807, 2.05) is 53.1 Å². The van der Waals surface area contributed by atoms with Gasteiger partial charge in [-0.1, -0.05) is 24.3 Å². The lowest BCUT2D eigenvalue weighted by atomic mass is 10.1. The van der Waals surface area contributed by atoms with E-state index in [-0.39, 0.29) is 0 Å². The van der Waals surface area contributed by atoms with Gasteiger partial charge in [-0.25, -0.2) is 0 Å². The molecule has 1 aromatic carbocycles. The summed E-state index contributed by atoms with van der Waals surface area (Å²) in [5.74, 6) is 1.79. The van der Waals surface area contributed by atoms with E-state index in [1.54, 1.807) is 7.11 Å². The van der Waals surface area contributed by atoms with Crippen LogP contribution in [-0.4, -0.2) is 21.7 Å². The fourth-order valence-corrected chi connectivity index (χ4v) is 2.03. The molecule has 3 rings (SSSR count). The van der Waals surface area contributed by atoms with Gasteiger partial charge in [0.15, 0.2) is 5.65 Å². The third-order valence-corrected chi connectivity index (χ3v) is 2.93. The standard InChI is InChI=1S/C14H13N3O/c1-18-12-7-3-2-6-11(12)10-14-16-15-13-8-4-5-9-17(13)14/h2-9H,10H2,1H3. The summed E-state index contributed by atoms with van der Waals surface area (Å²) >= 11 is 0. The smallest absolute Gasteiger partial charge is 0.160 e. The Bertz CT molecular complexity index is 675. The molecular formula is C14H13N3O. The van der Waals surface area contributed by atoms with Gasteiger partial charge >= 0.3 is 0 Å². The predicted octanol–water partition coefficient (Wildman–Crippen LogP) is 2.33. The molecule has 0 N–H and O–H groups in total.